The lowest BCUT2D eigenvalue weighted by atomic mass is 10.1. The highest BCUT2D eigenvalue weighted by molar-refractivity contribution is 7.98. The van der Waals surface area contributed by atoms with Gasteiger partial charge in [0.25, 0.3) is 11.5 Å². The third-order valence-corrected chi connectivity index (χ3v) is 5.11. The monoisotopic (exact) mass is 347 g/mol. The highest BCUT2D eigenvalue weighted by atomic mass is 32.2. The smallest absolute Gasteiger partial charge is 0.261 e. The van der Waals surface area contributed by atoms with Crippen LogP contribution in [-0.2, 0) is 6.42 Å². The molecule has 0 fully saturated rings. The number of hydrogen-bond donors (Lipinski definition) is 1. The lowest BCUT2D eigenvalue weighted by molar-refractivity contribution is 0.0741. The van der Waals surface area contributed by atoms with Gasteiger partial charge in [0.05, 0.1) is 10.6 Å². The van der Waals surface area contributed by atoms with Crippen LogP contribution in [0.25, 0.3) is 0 Å². The number of carbonyl (C=O) groups excluding carboxylic acids is 1. The van der Waals surface area contributed by atoms with Crippen molar-refractivity contribution < 1.29 is 4.79 Å². The van der Waals surface area contributed by atoms with E-state index in [1.54, 1.807) is 29.5 Å². The third kappa shape index (κ3) is 3.84. The molecular formula is C16H17N3O2S2. The van der Waals surface area contributed by atoms with Gasteiger partial charge >= 0.3 is 0 Å². The maximum absolute atomic E-state index is 12.6. The predicted molar refractivity (Wildman–Crippen MR) is 93.1 cm³/mol. The minimum Gasteiger partial charge on any atom is -0.338 e. The molecule has 0 bridgehead atoms. The van der Waals surface area contributed by atoms with Gasteiger partial charge in [-0.15, -0.1) is 11.8 Å². The summed E-state index contributed by atoms with van der Waals surface area (Å²) in [5.41, 5.74) is 0.998. The molecule has 0 saturated heterocycles. The molecule has 0 aliphatic rings. The Balaban J connectivity index is 2.25. The summed E-state index contributed by atoms with van der Waals surface area (Å²) in [5, 5.41) is 13.7. The molecule has 0 unspecified atom stereocenters. The molecule has 0 aromatic carbocycles. The van der Waals surface area contributed by atoms with E-state index in [-0.39, 0.29) is 17.5 Å². The molecule has 0 aliphatic heterocycles. The summed E-state index contributed by atoms with van der Waals surface area (Å²) in [5.74, 6) is -0.377. The summed E-state index contributed by atoms with van der Waals surface area (Å²) in [6, 6.07) is 5.36. The number of aromatic nitrogens is 1. The molecule has 0 aliphatic carbocycles. The molecule has 23 heavy (non-hydrogen) atoms. The van der Waals surface area contributed by atoms with E-state index in [1.807, 2.05) is 29.8 Å². The number of carbonyl (C=O) groups is 1. The fraction of sp³-hybridized carbons (Fsp3) is 0.312. The third-order valence-electron chi connectivity index (χ3n) is 3.65. The van der Waals surface area contributed by atoms with Crippen molar-refractivity contribution in [1.29, 1.82) is 5.26 Å². The van der Waals surface area contributed by atoms with Crippen LogP contribution >= 0.6 is 23.1 Å². The van der Waals surface area contributed by atoms with E-state index in [0.29, 0.717) is 10.6 Å². The number of thiophene rings is 1. The number of amides is 1. The zero-order chi connectivity index (χ0) is 17.0. The van der Waals surface area contributed by atoms with Gasteiger partial charge in [-0.25, -0.2) is 0 Å². The van der Waals surface area contributed by atoms with Crippen LogP contribution in [0.4, 0.5) is 0 Å². The standard InChI is InChI=1S/C16H17N3O2S2/c1-10(6-11-4-5-23-9-11)19(2)16(21)13-7-12(8-17)15(22-3)18-14(13)20/h4-5,7,9-10H,6H2,1-3H3,(H,18,20)/t10-/m0/s1. The largest absolute Gasteiger partial charge is 0.338 e. The zero-order valence-electron chi connectivity index (χ0n) is 13.1. The molecule has 5 nitrogen and oxygen atoms in total. The van der Waals surface area contributed by atoms with E-state index >= 15 is 0 Å². The molecule has 0 spiro atoms. The SMILES string of the molecule is CSc1[nH]c(=O)c(C(=O)N(C)[C@@H](C)Cc2ccsc2)cc1C#N. The van der Waals surface area contributed by atoms with Crippen molar-refractivity contribution in [2.75, 3.05) is 13.3 Å². The number of rotatable bonds is 5. The molecule has 0 radical (unpaired) electrons. The summed E-state index contributed by atoms with van der Waals surface area (Å²) < 4.78 is 0. The Morgan fingerprint density at radius 1 is 1.57 bits per heavy atom. The highest BCUT2D eigenvalue weighted by Gasteiger charge is 2.22. The van der Waals surface area contributed by atoms with E-state index in [9.17, 15) is 9.59 Å². The maximum atomic E-state index is 12.6. The second-order valence-electron chi connectivity index (χ2n) is 5.17. The van der Waals surface area contributed by atoms with Gasteiger partial charge in [-0.1, -0.05) is 0 Å². The lowest BCUT2D eigenvalue weighted by Gasteiger charge is -2.24. The van der Waals surface area contributed by atoms with Crippen LogP contribution in [0.15, 0.2) is 32.7 Å². The maximum Gasteiger partial charge on any atom is 0.261 e. The molecular weight excluding hydrogens is 330 g/mol. The Kier molecular flexibility index (Phi) is 5.64. The van der Waals surface area contributed by atoms with Crippen molar-refractivity contribution in [2.45, 2.75) is 24.4 Å². The van der Waals surface area contributed by atoms with Gasteiger partial charge in [0.15, 0.2) is 0 Å². The average Bonchev–Trinajstić information content (AvgIpc) is 3.05. The van der Waals surface area contributed by atoms with Crippen LogP contribution in [0, 0.1) is 11.3 Å². The lowest BCUT2D eigenvalue weighted by Crippen LogP contribution is -2.39. The summed E-state index contributed by atoms with van der Waals surface area (Å²) in [6.45, 7) is 1.94. The summed E-state index contributed by atoms with van der Waals surface area (Å²) >= 11 is 2.88. The van der Waals surface area contributed by atoms with E-state index < -0.39 is 5.56 Å². The number of nitriles is 1. The van der Waals surface area contributed by atoms with Crippen molar-refractivity contribution >= 4 is 29.0 Å². The molecule has 1 N–H and O–H groups in total. The number of nitrogens with one attached hydrogen (secondary N) is 1. The fourth-order valence-electron chi connectivity index (χ4n) is 2.19. The Hall–Kier alpha value is -2.04. The number of hydrogen-bond acceptors (Lipinski definition) is 5. The van der Waals surface area contributed by atoms with Crippen LogP contribution in [0.3, 0.4) is 0 Å². The second kappa shape index (κ2) is 7.49. The number of likely N-dealkylation sites (N-methyl/N-ethyl adjacent to an activating group) is 1. The molecule has 2 aromatic heterocycles. The first-order chi connectivity index (χ1) is 11.0. The molecule has 1 amide bonds. The fourth-order valence-corrected chi connectivity index (χ4v) is 3.39. The highest BCUT2D eigenvalue weighted by Crippen LogP contribution is 2.17. The minimum absolute atomic E-state index is 0.000909. The van der Waals surface area contributed by atoms with Crippen molar-refractivity contribution in [3.63, 3.8) is 0 Å². The quantitative estimate of drug-likeness (QED) is 0.844. The predicted octanol–water partition coefficient (Wildman–Crippen LogP) is 2.73. The number of thioether (sulfide) groups is 1. The number of nitrogens with zero attached hydrogens (tertiary/aromatic N) is 2. The van der Waals surface area contributed by atoms with E-state index in [4.69, 9.17) is 5.26 Å². The zero-order valence-corrected chi connectivity index (χ0v) is 14.8. The minimum atomic E-state index is -0.465. The Labute approximate surface area is 143 Å². The van der Waals surface area contributed by atoms with Crippen LogP contribution < -0.4 is 5.56 Å². The molecule has 1 atom stereocenters. The van der Waals surface area contributed by atoms with Gasteiger partial charge in [-0.05, 0) is 48.1 Å². The van der Waals surface area contributed by atoms with Gasteiger partial charge < -0.3 is 9.88 Å². The molecule has 2 aromatic rings. The Morgan fingerprint density at radius 2 is 2.30 bits per heavy atom. The van der Waals surface area contributed by atoms with E-state index in [2.05, 4.69) is 4.98 Å². The number of aromatic amines is 1. The van der Waals surface area contributed by atoms with Crippen molar-refractivity contribution in [3.05, 3.63) is 49.9 Å². The molecule has 120 valence electrons. The summed E-state index contributed by atoms with van der Waals surface area (Å²) in [7, 11) is 1.67. The average molecular weight is 347 g/mol. The number of pyridine rings is 1. The van der Waals surface area contributed by atoms with Gasteiger partial charge in [0.1, 0.15) is 11.6 Å². The first-order valence-corrected chi connectivity index (χ1v) is 9.14. The normalized spacial score (nSPS) is 11.7. The first-order valence-electron chi connectivity index (χ1n) is 6.97. The van der Waals surface area contributed by atoms with E-state index in [0.717, 1.165) is 12.0 Å². The van der Waals surface area contributed by atoms with Crippen molar-refractivity contribution in [1.82, 2.24) is 9.88 Å². The molecule has 0 saturated carbocycles. The van der Waals surface area contributed by atoms with E-state index in [1.165, 1.54) is 17.8 Å². The van der Waals surface area contributed by atoms with Crippen molar-refractivity contribution in [3.8, 4) is 6.07 Å². The van der Waals surface area contributed by atoms with Crippen LogP contribution in [0.5, 0.6) is 0 Å². The number of H-pyrrole nitrogens is 1. The second-order valence-corrected chi connectivity index (χ2v) is 6.77. The van der Waals surface area contributed by atoms with Crippen molar-refractivity contribution in [2.24, 2.45) is 0 Å². The Morgan fingerprint density at radius 3 is 2.87 bits per heavy atom. The molecule has 7 heteroatoms. The van der Waals surface area contributed by atoms with Gasteiger partial charge in [-0.2, -0.15) is 16.6 Å². The van der Waals surface area contributed by atoms with Crippen LogP contribution in [-0.4, -0.2) is 35.1 Å². The van der Waals surface area contributed by atoms with Gasteiger partial charge in [0.2, 0.25) is 0 Å². The van der Waals surface area contributed by atoms with Crippen LogP contribution in [0.2, 0.25) is 0 Å². The Bertz CT molecular complexity index is 791. The van der Waals surface area contributed by atoms with Crippen LogP contribution in [0.1, 0.15) is 28.4 Å². The van der Waals surface area contributed by atoms with Gasteiger partial charge in [-0.3, -0.25) is 9.59 Å². The first kappa shape index (κ1) is 17.3. The topological polar surface area (TPSA) is 77.0 Å². The summed E-state index contributed by atoms with van der Waals surface area (Å²) in [4.78, 5) is 28.9. The molecule has 2 rings (SSSR count). The molecule has 2 heterocycles. The summed E-state index contributed by atoms with van der Waals surface area (Å²) in [6.07, 6.45) is 2.49. The van der Waals surface area contributed by atoms with Gasteiger partial charge in [0, 0.05) is 13.1 Å².